The summed E-state index contributed by atoms with van der Waals surface area (Å²) in [5.74, 6) is 0.640. The lowest BCUT2D eigenvalue weighted by molar-refractivity contribution is 0.395. The molecule has 0 aliphatic carbocycles. The molecule has 0 radical (unpaired) electrons. The third-order valence-electron chi connectivity index (χ3n) is 4.01. The van der Waals surface area contributed by atoms with Gasteiger partial charge >= 0.3 is 0 Å². The Balaban J connectivity index is 2.00. The molecule has 1 aliphatic heterocycles. The maximum atomic E-state index is 3.63. The Morgan fingerprint density at radius 1 is 1.00 bits per heavy atom. The maximum Gasteiger partial charge on any atom is 0.0346 e. The van der Waals surface area contributed by atoms with Crippen LogP contribution in [0.1, 0.15) is 31.0 Å². The summed E-state index contributed by atoms with van der Waals surface area (Å²) >= 11 is 0. The summed E-state index contributed by atoms with van der Waals surface area (Å²) < 4.78 is 0. The summed E-state index contributed by atoms with van der Waals surface area (Å²) in [4.78, 5) is 0. The molecule has 2 aromatic carbocycles. The van der Waals surface area contributed by atoms with Crippen LogP contribution < -0.4 is 5.32 Å². The molecule has 0 spiro atoms. The van der Waals surface area contributed by atoms with Gasteiger partial charge in [0, 0.05) is 6.04 Å². The van der Waals surface area contributed by atoms with Crippen LogP contribution in [-0.4, -0.2) is 6.54 Å². The molecule has 1 aliphatic rings. The summed E-state index contributed by atoms with van der Waals surface area (Å²) in [5, 5.41) is 3.63. The monoisotopic (exact) mass is 251 g/mol. The van der Waals surface area contributed by atoms with Gasteiger partial charge in [0.15, 0.2) is 0 Å². The molecule has 1 unspecified atom stereocenters. The SMILES string of the molecule is CC(C)C1NCCc2cc(-c3ccccc3)ccc21. The lowest BCUT2D eigenvalue weighted by atomic mass is 9.86. The largest absolute Gasteiger partial charge is 0.309 e. The van der Waals surface area contributed by atoms with Crippen LogP contribution in [0.4, 0.5) is 0 Å². The first-order valence-electron chi connectivity index (χ1n) is 7.17. The number of benzene rings is 2. The van der Waals surface area contributed by atoms with Crippen molar-refractivity contribution in [3.05, 3.63) is 59.7 Å². The number of nitrogens with one attached hydrogen (secondary N) is 1. The van der Waals surface area contributed by atoms with E-state index in [0.717, 1.165) is 13.0 Å². The van der Waals surface area contributed by atoms with Gasteiger partial charge in [-0.15, -0.1) is 0 Å². The lowest BCUT2D eigenvalue weighted by Gasteiger charge is -2.30. The Morgan fingerprint density at radius 2 is 1.79 bits per heavy atom. The van der Waals surface area contributed by atoms with E-state index in [1.54, 1.807) is 0 Å². The molecule has 98 valence electrons. The van der Waals surface area contributed by atoms with Crippen molar-refractivity contribution < 1.29 is 0 Å². The van der Waals surface area contributed by atoms with Crippen LogP contribution in [-0.2, 0) is 6.42 Å². The van der Waals surface area contributed by atoms with Gasteiger partial charge < -0.3 is 5.32 Å². The van der Waals surface area contributed by atoms with Crippen LogP contribution in [0.25, 0.3) is 11.1 Å². The summed E-state index contributed by atoms with van der Waals surface area (Å²) in [5.41, 5.74) is 5.65. The van der Waals surface area contributed by atoms with Crippen molar-refractivity contribution in [1.29, 1.82) is 0 Å². The molecule has 1 heteroatoms. The maximum absolute atomic E-state index is 3.63. The molecular formula is C18H21N. The summed E-state index contributed by atoms with van der Waals surface area (Å²) in [7, 11) is 0. The van der Waals surface area contributed by atoms with E-state index in [0.29, 0.717) is 12.0 Å². The highest BCUT2D eigenvalue weighted by Gasteiger charge is 2.22. The highest BCUT2D eigenvalue weighted by molar-refractivity contribution is 5.65. The van der Waals surface area contributed by atoms with Gasteiger partial charge in [-0.2, -0.15) is 0 Å². The van der Waals surface area contributed by atoms with Gasteiger partial charge in [-0.25, -0.2) is 0 Å². The summed E-state index contributed by atoms with van der Waals surface area (Å²) in [6.45, 7) is 5.67. The molecule has 0 aromatic heterocycles. The standard InChI is InChI=1S/C18H21N/c1-13(2)18-17-9-8-15(12-16(17)10-11-19-18)14-6-4-3-5-7-14/h3-9,12-13,18-19H,10-11H2,1-2H3. The van der Waals surface area contributed by atoms with Gasteiger partial charge in [0.05, 0.1) is 0 Å². The number of hydrogen-bond donors (Lipinski definition) is 1. The molecule has 1 heterocycles. The molecule has 3 rings (SSSR count). The predicted molar refractivity (Wildman–Crippen MR) is 81.2 cm³/mol. The molecule has 1 atom stereocenters. The zero-order valence-corrected chi connectivity index (χ0v) is 11.7. The highest BCUT2D eigenvalue weighted by Crippen LogP contribution is 2.31. The van der Waals surface area contributed by atoms with Crippen LogP contribution >= 0.6 is 0 Å². The van der Waals surface area contributed by atoms with Gasteiger partial charge in [-0.3, -0.25) is 0 Å². The fourth-order valence-electron chi connectivity index (χ4n) is 3.00. The van der Waals surface area contributed by atoms with Crippen molar-refractivity contribution in [2.75, 3.05) is 6.54 Å². The number of fused-ring (bicyclic) bond motifs is 1. The average Bonchev–Trinajstić information content (AvgIpc) is 2.47. The molecule has 19 heavy (non-hydrogen) atoms. The van der Waals surface area contributed by atoms with Crippen molar-refractivity contribution >= 4 is 0 Å². The van der Waals surface area contributed by atoms with Gasteiger partial charge in [0.1, 0.15) is 0 Å². The average molecular weight is 251 g/mol. The lowest BCUT2D eigenvalue weighted by Crippen LogP contribution is -2.32. The fourth-order valence-corrected chi connectivity index (χ4v) is 3.00. The number of hydrogen-bond acceptors (Lipinski definition) is 1. The van der Waals surface area contributed by atoms with E-state index in [9.17, 15) is 0 Å². The van der Waals surface area contributed by atoms with E-state index >= 15 is 0 Å². The molecule has 0 saturated heterocycles. The first kappa shape index (κ1) is 12.4. The van der Waals surface area contributed by atoms with Gasteiger partial charge in [0.25, 0.3) is 0 Å². The third-order valence-corrected chi connectivity index (χ3v) is 4.01. The van der Waals surface area contributed by atoms with Crippen LogP contribution in [0.2, 0.25) is 0 Å². The van der Waals surface area contributed by atoms with Crippen molar-refractivity contribution in [2.45, 2.75) is 26.3 Å². The topological polar surface area (TPSA) is 12.0 Å². The van der Waals surface area contributed by atoms with Crippen LogP contribution in [0.15, 0.2) is 48.5 Å². The van der Waals surface area contributed by atoms with Crippen molar-refractivity contribution in [3.63, 3.8) is 0 Å². The first-order chi connectivity index (χ1) is 9.25. The number of rotatable bonds is 2. The minimum absolute atomic E-state index is 0.508. The quantitative estimate of drug-likeness (QED) is 0.843. The Morgan fingerprint density at radius 3 is 2.53 bits per heavy atom. The van der Waals surface area contributed by atoms with Gasteiger partial charge in [-0.05, 0) is 41.1 Å². The van der Waals surface area contributed by atoms with E-state index in [4.69, 9.17) is 0 Å². The zero-order valence-electron chi connectivity index (χ0n) is 11.7. The second-order valence-electron chi connectivity index (χ2n) is 5.71. The predicted octanol–water partition coefficient (Wildman–Crippen LogP) is 4.20. The van der Waals surface area contributed by atoms with Crippen LogP contribution in [0.5, 0.6) is 0 Å². The highest BCUT2D eigenvalue weighted by atomic mass is 14.9. The Hall–Kier alpha value is -1.60. The molecule has 0 saturated carbocycles. The van der Waals surface area contributed by atoms with Crippen molar-refractivity contribution in [3.8, 4) is 11.1 Å². The van der Waals surface area contributed by atoms with Gasteiger partial charge in [0.2, 0.25) is 0 Å². The van der Waals surface area contributed by atoms with E-state index < -0.39 is 0 Å². The van der Waals surface area contributed by atoms with E-state index in [1.165, 1.54) is 22.3 Å². The normalized spacial score (nSPS) is 18.4. The zero-order chi connectivity index (χ0) is 13.2. The molecule has 0 fully saturated rings. The van der Waals surface area contributed by atoms with E-state index in [1.807, 2.05) is 0 Å². The minimum atomic E-state index is 0.508. The molecule has 0 bridgehead atoms. The minimum Gasteiger partial charge on any atom is -0.309 e. The van der Waals surface area contributed by atoms with Crippen molar-refractivity contribution in [1.82, 2.24) is 5.32 Å². The van der Waals surface area contributed by atoms with E-state index in [2.05, 4.69) is 67.7 Å². The molecule has 1 nitrogen and oxygen atoms in total. The Labute approximate surface area is 115 Å². The summed E-state index contributed by atoms with van der Waals surface area (Å²) in [6.07, 6.45) is 1.14. The van der Waals surface area contributed by atoms with Crippen molar-refractivity contribution in [2.24, 2.45) is 5.92 Å². The van der Waals surface area contributed by atoms with Crippen LogP contribution in [0, 0.1) is 5.92 Å². The second kappa shape index (κ2) is 5.18. The van der Waals surface area contributed by atoms with Gasteiger partial charge in [-0.1, -0.05) is 62.4 Å². The molecule has 0 amide bonds. The summed E-state index contributed by atoms with van der Waals surface area (Å²) in [6, 6.07) is 18.1. The first-order valence-corrected chi connectivity index (χ1v) is 7.17. The molecule has 1 N–H and O–H groups in total. The molecular weight excluding hydrogens is 230 g/mol. The van der Waals surface area contributed by atoms with E-state index in [-0.39, 0.29) is 0 Å². The smallest absolute Gasteiger partial charge is 0.0346 e. The third kappa shape index (κ3) is 2.43. The van der Waals surface area contributed by atoms with Crippen LogP contribution in [0.3, 0.4) is 0 Å². The fraction of sp³-hybridized carbons (Fsp3) is 0.333. The Kier molecular flexibility index (Phi) is 3.39. The Bertz CT molecular complexity index is 557. The second-order valence-corrected chi connectivity index (χ2v) is 5.71. The molecule has 2 aromatic rings.